The quantitative estimate of drug-likeness (QED) is 0.620. The van der Waals surface area contributed by atoms with E-state index in [0.29, 0.717) is 16.4 Å². The molecule has 1 aromatic carbocycles. The third-order valence-corrected chi connectivity index (χ3v) is 2.47. The molecule has 17 heavy (non-hydrogen) atoms. The summed E-state index contributed by atoms with van der Waals surface area (Å²) in [6.07, 6.45) is 3.66. The molecule has 0 saturated heterocycles. The lowest BCUT2D eigenvalue weighted by Crippen LogP contribution is -2.15. The van der Waals surface area contributed by atoms with E-state index in [0.717, 1.165) is 0 Å². The average molecular weight is 249 g/mol. The van der Waals surface area contributed by atoms with Crippen molar-refractivity contribution in [2.45, 2.75) is 0 Å². The topological polar surface area (TPSA) is 72.2 Å². The highest BCUT2D eigenvalue weighted by Crippen LogP contribution is 2.24. The van der Waals surface area contributed by atoms with Crippen LogP contribution in [0.5, 0.6) is 0 Å². The number of benzene rings is 1. The summed E-state index contributed by atoms with van der Waals surface area (Å²) in [5, 5.41) is 3.29. The standard InChI is InChI=1S/C12H9ClN2O2/c13-7-1-3-9(14)10(5-7)15-11-6-8(16)2-4-12(11)17/h1-6,15H,14H2. The summed E-state index contributed by atoms with van der Waals surface area (Å²) < 4.78 is 0. The van der Waals surface area contributed by atoms with Gasteiger partial charge in [0.15, 0.2) is 5.78 Å². The Morgan fingerprint density at radius 3 is 2.71 bits per heavy atom. The summed E-state index contributed by atoms with van der Waals surface area (Å²) in [4.78, 5) is 22.6. The summed E-state index contributed by atoms with van der Waals surface area (Å²) in [5.74, 6) is -0.517. The summed E-state index contributed by atoms with van der Waals surface area (Å²) in [6, 6.07) is 4.86. The largest absolute Gasteiger partial charge is 0.397 e. The van der Waals surface area contributed by atoms with Gasteiger partial charge >= 0.3 is 0 Å². The van der Waals surface area contributed by atoms with Crippen molar-refractivity contribution >= 4 is 34.5 Å². The van der Waals surface area contributed by atoms with E-state index in [9.17, 15) is 9.59 Å². The van der Waals surface area contributed by atoms with E-state index in [-0.39, 0.29) is 17.3 Å². The second-order valence-electron chi connectivity index (χ2n) is 3.51. The fourth-order valence-electron chi connectivity index (χ4n) is 1.39. The van der Waals surface area contributed by atoms with Gasteiger partial charge in [0, 0.05) is 11.1 Å². The van der Waals surface area contributed by atoms with Gasteiger partial charge in [-0.3, -0.25) is 9.59 Å². The van der Waals surface area contributed by atoms with Crippen molar-refractivity contribution in [2.24, 2.45) is 0 Å². The minimum Gasteiger partial charge on any atom is -0.397 e. The third-order valence-electron chi connectivity index (χ3n) is 2.24. The lowest BCUT2D eigenvalue weighted by Gasteiger charge is -2.12. The Bertz CT molecular complexity index is 562. The molecule has 86 valence electrons. The number of halogens is 1. The first kappa shape index (κ1) is 11.4. The molecule has 0 spiro atoms. The summed E-state index contributed by atoms with van der Waals surface area (Å²) in [6.45, 7) is 0. The maximum atomic E-state index is 11.5. The summed E-state index contributed by atoms with van der Waals surface area (Å²) >= 11 is 5.82. The molecule has 0 aromatic heterocycles. The highest BCUT2D eigenvalue weighted by atomic mass is 35.5. The molecule has 2 rings (SSSR count). The molecule has 1 aliphatic rings. The minimum atomic E-state index is -0.274. The second-order valence-corrected chi connectivity index (χ2v) is 3.95. The molecule has 0 unspecified atom stereocenters. The fraction of sp³-hybridized carbons (Fsp3) is 0. The molecule has 0 aliphatic heterocycles. The number of hydrogen-bond acceptors (Lipinski definition) is 4. The van der Waals surface area contributed by atoms with E-state index in [1.807, 2.05) is 0 Å². The zero-order valence-corrected chi connectivity index (χ0v) is 9.49. The van der Waals surface area contributed by atoms with Gasteiger partial charge in [0.2, 0.25) is 5.78 Å². The molecule has 0 saturated carbocycles. The van der Waals surface area contributed by atoms with E-state index >= 15 is 0 Å². The number of carbonyl (C=O) groups is 2. The van der Waals surface area contributed by atoms with Crippen molar-refractivity contribution in [2.75, 3.05) is 11.1 Å². The third kappa shape index (κ3) is 2.54. The number of nitrogen functional groups attached to an aromatic ring is 1. The SMILES string of the molecule is Nc1ccc(Cl)cc1NC1=CC(=O)C=CC1=O. The van der Waals surface area contributed by atoms with Crippen molar-refractivity contribution in [3.63, 3.8) is 0 Å². The van der Waals surface area contributed by atoms with Gasteiger partial charge in [-0.2, -0.15) is 0 Å². The van der Waals surface area contributed by atoms with Gasteiger partial charge in [-0.15, -0.1) is 0 Å². The highest BCUT2D eigenvalue weighted by Gasteiger charge is 2.14. The number of carbonyl (C=O) groups excluding carboxylic acids is 2. The number of anilines is 2. The van der Waals surface area contributed by atoms with Crippen LogP contribution in [0.15, 0.2) is 42.1 Å². The van der Waals surface area contributed by atoms with Crippen LogP contribution in [0.4, 0.5) is 11.4 Å². The molecule has 5 heteroatoms. The first-order chi connectivity index (χ1) is 8.06. The maximum absolute atomic E-state index is 11.5. The highest BCUT2D eigenvalue weighted by molar-refractivity contribution is 6.31. The van der Waals surface area contributed by atoms with Crippen LogP contribution in [0.1, 0.15) is 0 Å². The monoisotopic (exact) mass is 248 g/mol. The molecule has 4 nitrogen and oxygen atoms in total. The van der Waals surface area contributed by atoms with Gasteiger partial charge in [0.05, 0.1) is 17.1 Å². The number of allylic oxidation sites excluding steroid dienone is 3. The van der Waals surface area contributed by atoms with Crippen LogP contribution < -0.4 is 11.1 Å². The van der Waals surface area contributed by atoms with Gasteiger partial charge in [0.25, 0.3) is 0 Å². The molecule has 0 atom stereocenters. The normalized spacial score (nSPS) is 14.8. The molecule has 1 aromatic rings. The molecular weight excluding hydrogens is 240 g/mol. The molecule has 0 bridgehead atoms. The lowest BCUT2D eigenvalue weighted by atomic mass is 10.1. The fourth-order valence-corrected chi connectivity index (χ4v) is 1.56. The molecule has 1 aliphatic carbocycles. The van der Waals surface area contributed by atoms with Crippen LogP contribution in [-0.4, -0.2) is 11.6 Å². The van der Waals surface area contributed by atoms with Crippen LogP contribution in [0.25, 0.3) is 0 Å². The zero-order chi connectivity index (χ0) is 12.4. The number of ketones is 2. The smallest absolute Gasteiger partial charge is 0.202 e. The molecule has 3 N–H and O–H groups in total. The summed E-state index contributed by atoms with van der Waals surface area (Å²) in [7, 11) is 0. The Kier molecular flexibility index (Phi) is 2.97. The van der Waals surface area contributed by atoms with Crippen LogP contribution >= 0.6 is 11.6 Å². The number of rotatable bonds is 2. The Labute approximate surface area is 103 Å². The van der Waals surface area contributed by atoms with Gasteiger partial charge in [0.1, 0.15) is 0 Å². The number of nitrogens with two attached hydrogens (primary N) is 1. The van der Waals surface area contributed by atoms with Crippen LogP contribution in [0.3, 0.4) is 0 Å². The van der Waals surface area contributed by atoms with Crippen molar-refractivity contribution < 1.29 is 9.59 Å². The Morgan fingerprint density at radius 2 is 1.94 bits per heavy atom. The second kappa shape index (κ2) is 4.43. The van der Waals surface area contributed by atoms with Crippen LogP contribution in [0.2, 0.25) is 5.02 Å². The predicted octanol–water partition coefficient (Wildman–Crippen LogP) is 1.93. The van der Waals surface area contributed by atoms with Gasteiger partial charge in [-0.25, -0.2) is 0 Å². The van der Waals surface area contributed by atoms with Gasteiger partial charge < -0.3 is 11.1 Å². The Balaban J connectivity index is 2.29. The van der Waals surface area contributed by atoms with Crippen molar-refractivity contribution in [3.05, 3.63) is 47.1 Å². The van der Waals surface area contributed by atoms with Gasteiger partial charge in [-0.05, 0) is 30.4 Å². The van der Waals surface area contributed by atoms with Gasteiger partial charge in [-0.1, -0.05) is 11.6 Å². The maximum Gasteiger partial charge on any atom is 0.202 e. The van der Waals surface area contributed by atoms with E-state index in [4.69, 9.17) is 17.3 Å². The van der Waals surface area contributed by atoms with Crippen LogP contribution in [-0.2, 0) is 9.59 Å². The molecule has 0 amide bonds. The first-order valence-corrected chi connectivity index (χ1v) is 5.24. The Hall–Kier alpha value is -2.07. The molecule has 0 radical (unpaired) electrons. The molecule has 0 fully saturated rings. The average Bonchev–Trinajstić information content (AvgIpc) is 2.28. The van der Waals surface area contributed by atoms with E-state index in [1.54, 1.807) is 18.2 Å². The minimum absolute atomic E-state index is 0.187. The lowest BCUT2D eigenvalue weighted by molar-refractivity contribution is -0.114. The zero-order valence-electron chi connectivity index (χ0n) is 8.74. The molecule has 0 heterocycles. The number of hydrogen-bond donors (Lipinski definition) is 2. The predicted molar refractivity (Wildman–Crippen MR) is 66.7 cm³/mol. The van der Waals surface area contributed by atoms with E-state index in [2.05, 4.69) is 5.32 Å². The van der Waals surface area contributed by atoms with Crippen molar-refractivity contribution in [1.82, 2.24) is 0 Å². The van der Waals surface area contributed by atoms with Crippen molar-refractivity contribution in [1.29, 1.82) is 0 Å². The first-order valence-electron chi connectivity index (χ1n) is 4.86. The van der Waals surface area contributed by atoms with E-state index in [1.165, 1.54) is 18.2 Å². The summed E-state index contributed by atoms with van der Waals surface area (Å²) in [5.41, 5.74) is 6.86. The van der Waals surface area contributed by atoms with E-state index < -0.39 is 0 Å². The molecular formula is C12H9ClN2O2. The Morgan fingerprint density at radius 1 is 1.18 bits per heavy atom. The van der Waals surface area contributed by atoms with Crippen molar-refractivity contribution in [3.8, 4) is 0 Å². The van der Waals surface area contributed by atoms with Crippen LogP contribution in [0, 0.1) is 0 Å². The number of nitrogens with one attached hydrogen (secondary N) is 1.